The van der Waals surface area contributed by atoms with Gasteiger partial charge in [-0.2, -0.15) is 0 Å². The number of hydrogen-bond donors (Lipinski definition) is 1. The average molecular weight is 263 g/mol. The molecule has 0 unspecified atom stereocenters. The second-order valence-corrected chi connectivity index (χ2v) is 6.13. The Hall–Kier alpha value is -1.36. The molecule has 1 aromatic heterocycles. The van der Waals surface area contributed by atoms with Crippen LogP contribution in [0.2, 0.25) is 0 Å². The predicted molar refractivity (Wildman–Crippen MR) is 79.6 cm³/mol. The summed E-state index contributed by atoms with van der Waals surface area (Å²) in [7, 11) is 2.02. The van der Waals surface area contributed by atoms with Gasteiger partial charge in [0.25, 0.3) is 0 Å². The molecule has 19 heavy (non-hydrogen) atoms. The molecule has 2 rings (SSSR count). The molecule has 0 bridgehead atoms. The van der Waals surface area contributed by atoms with E-state index in [0.29, 0.717) is 0 Å². The van der Waals surface area contributed by atoms with E-state index in [9.17, 15) is 0 Å². The second kappa shape index (κ2) is 5.74. The van der Waals surface area contributed by atoms with Crippen LogP contribution >= 0.6 is 0 Å². The topological polar surface area (TPSA) is 58.3 Å². The molecule has 1 aliphatic heterocycles. The van der Waals surface area contributed by atoms with E-state index in [2.05, 4.69) is 25.8 Å². The Bertz CT molecular complexity index is 407. The summed E-state index contributed by atoms with van der Waals surface area (Å²) < 4.78 is 0. The van der Waals surface area contributed by atoms with Crippen molar-refractivity contribution in [1.82, 2.24) is 9.97 Å². The Balaban J connectivity index is 2.09. The van der Waals surface area contributed by atoms with Gasteiger partial charge in [-0.1, -0.05) is 0 Å². The minimum Gasteiger partial charge on any atom is -0.358 e. The molecule has 106 valence electrons. The summed E-state index contributed by atoms with van der Waals surface area (Å²) in [6, 6.07) is 2.07. The van der Waals surface area contributed by atoms with E-state index in [4.69, 9.17) is 5.73 Å². The van der Waals surface area contributed by atoms with Crippen LogP contribution in [0.1, 0.15) is 33.1 Å². The van der Waals surface area contributed by atoms with Crippen LogP contribution in [-0.2, 0) is 0 Å². The maximum absolute atomic E-state index is 6.06. The molecule has 0 atom stereocenters. The largest absolute Gasteiger partial charge is 0.358 e. The quantitative estimate of drug-likeness (QED) is 0.895. The number of hydrogen-bond acceptors (Lipinski definition) is 5. The van der Waals surface area contributed by atoms with Crippen molar-refractivity contribution < 1.29 is 0 Å². The molecule has 1 aliphatic rings. The first kappa shape index (κ1) is 14.1. The van der Waals surface area contributed by atoms with Crippen LogP contribution in [0.5, 0.6) is 0 Å². The van der Waals surface area contributed by atoms with Gasteiger partial charge in [0.2, 0.25) is 0 Å². The summed E-state index contributed by atoms with van der Waals surface area (Å²) in [5.41, 5.74) is 5.83. The number of likely N-dealkylation sites (N-methyl/N-ethyl adjacent to an activating group) is 1. The monoisotopic (exact) mass is 263 g/mol. The lowest BCUT2D eigenvalue weighted by molar-refractivity contribution is 0.517. The zero-order valence-electron chi connectivity index (χ0n) is 12.3. The third-order valence-corrected chi connectivity index (χ3v) is 3.35. The van der Waals surface area contributed by atoms with Crippen molar-refractivity contribution in [3.05, 3.63) is 12.4 Å². The molecule has 2 heterocycles. The molecule has 0 amide bonds. The molecule has 0 aromatic carbocycles. The van der Waals surface area contributed by atoms with Crippen LogP contribution in [-0.4, -0.2) is 42.2 Å². The van der Waals surface area contributed by atoms with E-state index < -0.39 is 0 Å². The number of anilines is 2. The van der Waals surface area contributed by atoms with Crippen LogP contribution in [0.15, 0.2) is 12.4 Å². The number of piperidine rings is 1. The van der Waals surface area contributed by atoms with Crippen molar-refractivity contribution in [2.45, 2.75) is 38.6 Å². The minimum absolute atomic E-state index is 0.231. The van der Waals surface area contributed by atoms with Crippen molar-refractivity contribution in [2.75, 3.05) is 36.5 Å². The van der Waals surface area contributed by atoms with E-state index >= 15 is 0 Å². The maximum atomic E-state index is 6.06. The summed E-state index contributed by atoms with van der Waals surface area (Å²) in [6.07, 6.45) is 5.49. The fraction of sp³-hybridized carbons (Fsp3) is 0.714. The SMILES string of the molecule is CN(CC(C)(C)N)c1cc(N2CCCCC2)ncn1. The summed E-state index contributed by atoms with van der Waals surface area (Å²) in [6.45, 7) is 7.01. The van der Waals surface area contributed by atoms with E-state index in [1.807, 2.05) is 20.9 Å². The third-order valence-electron chi connectivity index (χ3n) is 3.35. The molecule has 0 radical (unpaired) electrons. The fourth-order valence-electron chi connectivity index (χ4n) is 2.53. The summed E-state index contributed by atoms with van der Waals surface area (Å²) in [5.74, 6) is 1.97. The highest BCUT2D eigenvalue weighted by Crippen LogP contribution is 2.21. The van der Waals surface area contributed by atoms with Crippen molar-refractivity contribution in [1.29, 1.82) is 0 Å². The molecule has 2 N–H and O–H groups in total. The highest BCUT2D eigenvalue weighted by Gasteiger charge is 2.17. The van der Waals surface area contributed by atoms with Crippen LogP contribution < -0.4 is 15.5 Å². The average Bonchev–Trinajstić information content (AvgIpc) is 2.38. The highest BCUT2D eigenvalue weighted by molar-refractivity contribution is 5.50. The molecule has 0 saturated carbocycles. The molecule has 1 saturated heterocycles. The summed E-state index contributed by atoms with van der Waals surface area (Å²) >= 11 is 0. The third kappa shape index (κ3) is 4.06. The molecular formula is C14H25N5. The van der Waals surface area contributed by atoms with Crippen LogP contribution in [0.4, 0.5) is 11.6 Å². The molecule has 0 spiro atoms. The highest BCUT2D eigenvalue weighted by atomic mass is 15.2. The standard InChI is InChI=1S/C14H25N5/c1-14(2,15)10-18(3)12-9-13(17-11-16-12)19-7-5-4-6-8-19/h9,11H,4-8,10,15H2,1-3H3. The van der Waals surface area contributed by atoms with E-state index in [1.165, 1.54) is 19.3 Å². The van der Waals surface area contributed by atoms with Gasteiger partial charge in [0.05, 0.1) is 0 Å². The zero-order chi connectivity index (χ0) is 13.9. The second-order valence-electron chi connectivity index (χ2n) is 6.13. The first-order valence-electron chi connectivity index (χ1n) is 7.03. The number of rotatable bonds is 4. The van der Waals surface area contributed by atoms with Gasteiger partial charge in [-0.3, -0.25) is 0 Å². The van der Waals surface area contributed by atoms with Gasteiger partial charge in [0, 0.05) is 38.3 Å². The Labute approximate surface area is 115 Å². The zero-order valence-corrected chi connectivity index (χ0v) is 12.3. The number of nitrogens with zero attached hydrogens (tertiary/aromatic N) is 4. The Kier molecular flexibility index (Phi) is 4.24. The lowest BCUT2D eigenvalue weighted by Gasteiger charge is -2.30. The van der Waals surface area contributed by atoms with Gasteiger partial charge in [-0.15, -0.1) is 0 Å². The van der Waals surface area contributed by atoms with Crippen molar-refractivity contribution in [2.24, 2.45) is 5.73 Å². The molecule has 0 aliphatic carbocycles. The van der Waals surface area contributed by atoms with Crippen molar-refractivity contribution in [3.63, 3.8) is 0 Å². The van der Waals surface area contributed by atoms with E-state index in [0.717, 1.165) is 31.3 Å². The lowest BCUT2D eigenvalue weighted by Crippen LogP contribution is -2.44. The Morgan fingerprint density at radius 3 is 2.58 bits per heavy atom. The summed E-state index contributed by atoms with van der Waals surface area (Å²) in [4.78, 5) is 13.2. The molecule has 5 nitrogen and oxygen atoms in total. The van der Waals surface area contributed by atoms with Gasteiger partial charge >= 0.3 is 0 Å². The van der Waals surface area contributed by atoms with Gasteiger partial charge < -0.3 is 15.5 Å². The van der Waals surface area contributed by atoms with Crippen LogP contribution in [0, 0.1) is 0 Å². The number of aromatic nitrogens is 2. The molecule has 1 fully saturated rings. The van der Waals surface area contributed by atoms with Gasteiger partial charge in [0.1, 0.15) is 18.0 Å². The minimum atomic E-state index is -0.231. The first-order valence-corrected chi connectivity index (χ1v) is 7.03. The van der Waals surface area contributed by atoms with Gasteiger partial charge in [-0.05, 0) is 33.1 Å². The fourth-order valence-corrected chi connectivity index (χ4v) is 2.53. The first-order chi connectivity index (χ1) is 8.96. The smallest absolute Gasteiger partial charge is 0.134 e. The molecule has 5 heteroatoms. The van der Waals surface area contributed by atoms with Crippen molar-refractivity contribution in [3.8, 4) is 0 Å². The normalized spacial score (nSPS) is 16.5. The van der Waals surface area contributed by atoms with Crippen molar-refractivity contribution >= 4 is 11.6 Å². The number of nitrogens with two attached hydrogens (primary N) is 1. The van der Waals surface area contributed by atoms with Crippen LogP contribution in [0.3, 0.4) is 0 Å². The molecular weight excluding hydrogens is 238 g/mol. The van der Waals surface area contributed by atoms with Gasteiger partial charge in [-0.25, -0.2) is 9.97 Å². The van der Waals surface area contributed by atoms with Crippen LogP contribution in [0.25, 0.3) is 0 Å². The Morgan fingerprint density at radius 2 is 1.95 bits per heavy atom. The van der Waals surface area contributed by atoms with E-state index in [-0.39, 0.29) is 5.54 Å². The Morgan fingerprint density at radius 1 is 1.26 bits per heavy atom. The van der Waals surface area contributed by atoms with Gasteiger partial charge in [0.15, 0.2) is 0 Å². The predicted octanol–water partition coefficient (Wildman–Crippen LogP) is 1.64. The molecule has 1 aromatic rings. The summed E-state index contributed by atoms with van der Waals surface area (Å²) in [5, 5.41) is 0. The van der Waals surface area contributed by atoms with E-state index in [1.54, 1.807) is 6.33 Å². The maximum Gasteiger partial charge on any atom is 0.134 e. The lowest BCUT2D eigenvalue weighted by atomic mass is 10.1.